The Morgan fingerprint density at radius 1 is 1.67 bits per heavy atom. The highest BCUT2D eigenvalue weighted by molar-refractivity contribution is 5.85. The van der Waals surface area contributed by atoms with Gasteiger partial charge in [0.25, 0.3) is 0 Å². The van der Waals surface area contributed by atoms with Crippen LogP contribution in [-0.2, 0) is 9.47 Å². The summed E-state index contributed by atoms with van der Waals surface area (Å²) in [7, 11) is 1.77. The molecule has 0 radical (unpaired) electrons. The number of ether oxygens (including phenoxy) is 2. The van der Waals surface area contributed by atoms with Crippen LogP contribution in [0.5, 0.6) is 0 Å². The SMILES string of the molecule is COC[C@]12CCO[C@H]1CNC2.Cl. The van der Waals surface area contributed by atoms with Gasteiger partial charge in [-0.05, 0) is 6.42 Å². The van der Waals surface area contributed by atoms with Gasteiger partial charge in [0.1, 0.15) is 0 Å². The molecule has 0 saturated carbocycles. The molecule has 3 nitrogen and oxygen atoms in total. The second-order valence-corrected chi connectivity index (χ2v) is 3.54. The van der Waals surface area contributed by atoms with E-state index in [1.54, 1.807) is 7.11 Å². The second-order valence-electron chi connectivity index (χ2n) is 3.54. The molecule has 0 unspecified atom stereocenters. The van der Waals surface area contributed by atoms with Gasteiger partial charge in [-0.3, -0.25) is 0 Å². The number of fused-ring (bicyclic) bond motifs is 1. The lowest BCUT2D eigenvalue weighted by Gasteiger charge is -2.24. The number of hydrogen-bond acceptors (Lipinski definition) is 3. The predicted molar refractivity (Wildman–Crippen MR) is 48.8 cm³/mol. The molecule has 0 aromatic rings. The van der Waals surface area contributed by atoms with Crippen molar-refractivity contribution in [1.82, 2.24) is 5.32 Å². The first-order chi connectivity index (χ1) is 5.37. The fourth-order valence-corrected chi connectivity index (χ4v) is 2.18. The van der Waals surface area contributed by atoms with Gasteiger partial charge in [-0.1, -0.05) is 0 Å². The van der Waals surface area contributed by atoms with Crippen LogP contribution in [-0.4, -0.2) is 39.5 Å². The van der Waals surface area contributed by atoms with Gasteiger partial charge >= 0.3 is 0 Å². The van der Waals surface area contributed by atoms with Gasteiger partial charge in [0, 0.05) is 32.2 Å². The van der Waals surface area contributed by atoms with Crippen LogP contribution in [0.15, 0.2) is 0 Å². The fourth-order valence-electron chi connectivity index (χ4n) is 2.18. The fraction of sp³-hybridized carbons (Fsp3) is 1.00. The molecule has 0 aromatic heterocycles. The van der Waals surface area contributed by atoms with E-state index in [0.29, 0.717) is 11.5 Å². The highest BCUT2D eigenvalue weighted by atomic mass is 35.5. The summed E-state index contributed by atoms with van der Waals surface area (Å²) in [6, 6.07) is 0. The number of methoxy groups -OCH3 is 1. The first-order valence-corrected chi connectivity index (χ1v) is 4.19. The summed E-state index contributed by atoms with van der Waals surface area (Å²) in [5.74, 6) is 0. The topological polar surface area (TPSA) is 30.5 Å². The van der Waals surface area contributed by atoms with E-state index >= 15 is 0 Å². The van der Waals surface area contributed by atoms with E-state index in [4.69, 9.17) is 9.47 Å². The van der Waals surface area contributed by atoms with Gasteiger partial charge in [-0.15, -0.1) is 12.4 Å². The van der Waals surface area contributed by atoms with Crippen LogP contribution >= 0.6 is 12.4 Å². The van der Waals surface area contributed by atoms with Crippen molar-refractivity contribution in [2.24, 2.45) is 5.41 Å². The average Bonchev–Trinajstić information content (AvgIpc) is 2.45. The number of hydrogen-bond donors (Lipinski definition) is 1. The highest BCUT2D eigenvalue weighted by Gasteiger charge is 2.47. The first kappa shape index (κ1) is 10.3. The van der Waals surface area contributed by atoms with Crippen LogP contribution in [0, 0.1) is 5.41 Å². The molecule has 0 amide bonds. The van der Waals surface area contributed by atoms with E-state index in [0.717, 1.165) is 32.7 Å². The Hall–Kier alpha value is 0.170. The molecule has 2 fully saturated rings. The molecule has 72 valence electrons. The maximum absolute atomic E-state index is 5.59. The Labute approximate surface area is 79.2 Å². The molecule has 0 aromatic carbocycles. The lowest BCUT2D eigenvalue weighted by atomic mass is 9.85. The molecule has 2 aliphatic heterocycles. The minimum absolute atomic E-state index is 0. The summed E-state index contributed by atoms with van der Waals surface area (Å²) in [5, 5.41) is 3.34. The van der Waals surface area contributed by atoms with E-state index in [1.165, 1.54) is 0 Å². The predicted octanol–water partition coefficient (Wildman–Crippen LogP) is 0.433. The summed E-state index contributed by atoms with van der Waals surface area (Å²) in [5.41, 5.74) is 0.300. The van der Waals surface area contributed by atoms with Gasteiger partial charge < -0.3 is 14.8 Å². The summed E-state index contributed by atoms with van der Waals surface area (Å²) in [6.45, 7) is 3.81. The molecule has 0 aliphatic carbocycles. The standard InChI is InChI=1S/C8H15NO2.ClH/c1-10-6-8-2-3-11-7(8)4-9-5-8;/h7,9H,2-6H2,1H3;1H/t7-,8+;/m0./s1. The van der Waals surface area contributed by atoms with Crippen LogP contribution in [0.2, 0.25) is 0 Å². The van der Waals surface area contributed by atoms with Crippen molar-refractivity contribution in [2.75, 3.05) is 33.4 Å². The van der Waals surface area contributed by atoms with Crippen molar-refractivity contribution >= 4 is 12.4 Å². The zero-order chi connectivity index (χ0) is 7.73. The molecule has 4 heteroatoms. The quantitative estimate of drug-likeness (QED) is 0.690. The molecule has 2 aliphatic rings. The van der Waals surface area contributed by atoms with Crippen LogP contribution < -0.4 is 5.32 Å². The van der Waals surface area contributed by atoms with Gasteiger partial charge in [0.15, 0.2) is 0 Å². The largest absolute Gasteiger partial charge is 0.384 e. The molecule has 0 spiro atoms. The summed E-state index contributed by atoms with van der Waals surface area (Å²) in [4.78, 5) is 0. The smallest absolute Gasteiger partial charge is 0.0790 e. The van der Waals surface area contributed by atoms with E-state index < -0.39 is 0 Å². The molecule has 2 saturated heterocycles. The van der Waals surface area contributed by atoms with Crippen molar-refractivity contribution in [3.63, 3.8) is 0 Å². The van der Waals surface area contributed by atoms with Gasteiger partial charge in [-0.2, -0.15) is 0 Å². The summed E-state index contributed by atoms with van der Waals surface area (Å²) >= 11 is 0. The Morgan fingerprint density at radius 3 is 3.25 bits per heavy atom. The van der Waals surface area contributed by atoms with Gasteiger partial charge in [-0.25, -0.2) is 0 Å². The van der Waals surface area contributed by atoms with Crippen LogP contribution in [0.1, 0.15) is 6.42 Å². The van der Waals surface area contributed by atoms with Gasteiger partial charge in [0.2, 0.25) is 0 Å². The van der Waals surface area contributed by atoms with Crippen molar-refractivity contribution in [2.45, 2.75) is 12.5 Å². The molecule has 1 N–H and O–H groups in total. The van der Waals surface area contributed by atoms with E-state index in [2.05, 4.69) is 5.32 Å². The van der Waals surface area contributed by atoms with E-state index in [9.17, 15) is 0 Å². The molecular weight excluding hydrogens is 178 g/mol. The third-order valence-electron chi connectivity index (χ3n) is 2.84. The lowest BCUT2D eigenvalue weighted by Crippen LogP contribution is -2.34. The number of nitrogens with one attached hydrogen (secondary N) is 1. The van der Waals surface area contributed by atoms with Crippen LogP contribution in [0.3, 0.4) is 0 Å². The molecule has 2 heterocycles. The Morgan fingerprint density at radius 2 is 2.50 bits per heavy atom. The second kappa shape index (κ2) is 3.92. The molecule has 2 atom stereocenters. The Balaban J connectivity index is 0.000000720. The third kappa shape index (κ3) is 1.46. The maximum Gasteiger partial charge on any atom is 0.0790 e. The summed E-state index contributed by atoms with van der Waals surface area (Å²) < 4.78 is 10.8. The summed E-state index contributed by atoms with van der Waals surface area (Å²) in [6.07, 6.45) is 1.56. The monoisotopic (exact) mass is 193 g/mol. The molecular formula is C8H16ClNO2. The minimum Gasteiger partial charge on any atom is -0.384 e. The maximum atomic E-state index is 5.59. The van der Waals surface area contributed by atoms with Crippen LogP contribution in [0.4, 0.5) is 0 Å². The van der Waals surface area contributed by atoms with Crippen molar-refractivity contribution < 1.29 is 9.47 Å². The average molecular weight is 194 g/mol. The Kier molecular flexibility index (Phi) is 3.35. The van der Waals surface area contributed by atoms with Crippen molar-refractivity contribution in [3.8, 4) is 0 Å². The zero-order valence-electron chi connectivity index (χ0n) is 7.34. The minimum atomic E-state index is 0. The van der Waals surface area contributed by atoms with Crippen molar-refractivity contribution in [1.29, 1.82) is 0 Å². The van der Waals surface area contributed by atoms with Gasteiger partial charge in [0.05, 0.1) is 12.7 Å². The normalized spacial score (nSPS) is 39.2. The number of rotatable bonds is 2. The Bertz CT molecular complexity index is 144. The van der Waals surface area contributed by atoms with E-state index in [1.807, 2.05) is 0 Å². The van der Waals surface area contributed by atoms with Crippen molar-refractivity contribution in [3.05, 3.63) is 0 Å². The lowest BCUT2D eigenvalue weighted by molar-refractivity contribution is 0.0331. The zero-order valence-corrected chi connectivity index (χ0v) is 8.15. The molecule has 2 rings (SSSR count). The molecule has 12 heavy (non-hydrogen) atoms. The first-order valence-electron chi connectivity index (χ1n) is 4.19. The van der Waals surface area contributed by atoms with E-state index in [-0.39, 0.29) is 12.4 Å². The number of halogens is 1. The molecule has 0 bridgehead atoms. The van der Waals surface area contributed by atoms with Crippen LogP contribution in [0.25, 0.3) is 0 Å². The highest BCUT2D eigenvalue weighted by Crippen LogP contribution is 2.37. The third-order valence-corrected chi connectivity index (χ3v) is 2.84.